The summed E-state index contributed by atoms with van der Waals surface area (Å²) in [5.74, 6) is 6.82. The van der Waals surface area contributed by atoms with Crippen LogP contribution in [-0.4, -0.2) is 47.5 Å². The number of nitrogens with two attached hydrogens (primary N) is 1. The van der Waals surface area contributed by atoms with Gasteiger partial charge in [0.05, 0.1) is 6.54 Å². The predicted octanol–water partition coefficient (Wildman–Crippen LogP) is 0.129. The van der Waals surface area contributed by atoms with E-state index in [0.29, 0.717) is 12.4 Å². The van der Waals surface area contributed by atoms with Crippen molar-refractivity contribution in [3.8, 4) is 0 Å². The summed E-state index contributed by atoms with van der Waals surface area (Å²) in [6.45, 7) is 3.93. The van der Waals surface area contributed by atoms with Gasteiger partial charge in [0, 0.05) is 25.7 Å². The molecule has 7 heteroatoms. The van der Waals surface area contributed by atoms with Gasteiger partial charge in [0.1, 0.15) is 18.0 Å². The molecule has 2 rings (SSSR count). The minimum absolute atomic E-state index is 0.139. The van der Waals surface area contributed by atoms with E-state index in [1.807, 2.05) is 23.8 Å². The van der Waals surface area contributed by atoms with E-state index in [0.717, 1.165) is 37.3 Å². The van der Waals surface area contributed by atoms with Crippen LogP contribution in [0, 0.1) is 6.92 Å². The number of nitrogens with zero attached hydrogens (tertiary/aromatic N) is 4. The van der Waals surface area contributed by atoms with Crippen molar-refractivity contribution >= 4 is 17.5 Å². The van der Waals surface area contributed by atoms with Gasteiger partial charge in [-0.15, -0.1) is 0 Å². The summed E-state index contributed by atoms with van der Waals surface area (Å²) in [7, 11) is 1.85. The Morgan fingerprint density at radius 1 is 1.47 bits per heavy atom. The van der Waals surface area contributed by atoms with Crippen LogP contribution in [-0.2, 0) is 4.79 Å². The average molecular weight is 264 g/mol. The summed E-state index contributed by atoms with van der Waals surface area (Å²) in [5, 5.41) is 0. The molecule has 1 saturated heterocycles. The van der Waals surface area contributed by atoms with Crippen molar-refractivity contribution in [2.75, 3.05) is 37.0 Å². The van der Waals surface area contributed by atoms with Crippen LogP contribution in [0.3, 0.4) is 0 Å². The molecular weight excluding hydrogens is 244 g/mol. The fraction of sp³-hybridized carbons (Fsp3) is 0.583. The molecule has 0 bridgehead atoms. The van der Waals surface area contributed by atoms with E-state index in [4.69, 9.17) is 5.84 Å². The lowest BCUT2D eigenvalue weighted by Crippen LogP contribution is -2.37. The molecule has 0 unspecified atom stereocenters. The van der Waals surface area contributed by atoms with E-state index >= 15 is 0 Å². The van der Waals surface area contributed by atoms with Gasteiger partial charge in [-0.3, -0.25) is 4.79 Å². The maximum atomic E-state index is 12.1. The van der Waals surface area contributed by atoms with Crippen molar-refractivity contribution in [2.24, 2.45) is 5.84 Å². The number of nitrogens with one attached hydrogen (secondary N) is 1. The number of carbonyl (C=O) groups excluding carboxylic acids is 1. The SMILES string of the molecule is Cc1c(NN)ncnc1N(C)CC(=O)N1CCCC1. The first-order valence-electron chi connectivity index (χ1n) is 6.40. The van der Waals surface area contributed by atoms with Crippen LogP contribution in [0.25, 0.3) is 0 Å². The molecule has 3 N–H and O–H groups in total. The number of rotatable bonds is 4. The second kappa shape index (κ2) is 5.83. The van der Waals surface area contributed by atoms with Gasteiger partial charge in [0.25, 0.3) is 0 Å². The zero-order valence-electron chi connectivity index (χ0n) is 11.4. The molecule has 2 heterocycles. The van der Waals surface area contributed by atoms with Crippen LogP contribution >= 0.6 is 0 Å². The Morgan fingerprint density at radius 3 is 2.79 bits per heavy atom. The summed E-state index contributed by atoms with van der Waals surface area (Å²) in [6, 6.07) is 0. The molecule has 0 atom stereocenters. The average Bonchev–Trinajstić information content (AvgIpc) is 2.92. The monoisotopic (exact) mass is 264 g/mol. The first-order valence-corrected chi connectivity index (χ1v) is 6.40. The lowest BCUT2D eigenvalue weighted by atomic mass is 10.3. The van der Waals surface area contributed by atoms with Crippen molar-refractivity contribution in [1.82, 2.24) is 14.9 Å². The number of carbonyl (C=O) groups is 1. The van der Waals surface area contributed by atoms with Gasteiger partial charge in [-0.25, -0.2) is 15.8 Å². The highest BCUT2D eigenvalue weighted by Gasteiger charge is 2.20. The summed E-state index contributed by atoms with van der Waals surface area (Å²) in [6.07, 6.45) is 3.64. The Hall–Kier alpha value is -1.89. The van der Waals surface area contributed by atoms with Gasteiger partial charge in [-0.1, -0.05) is 0 Å². The first-order chi connectivity index (χ1) is 9.13. The van der Waals surface area contributed by atoms with Crippen LogP contribution in [0.4, 0.5) is 11.6 Å². The van der Waals surface area contributed by atoms with E-state index in [9.17, 15) is 4.79 Å². The Kier molecular flexibility index (Phi) is 4.16. The number of amides is 1. The number of nitrogen functional groups attached to an aromatic ring is 1. The van der Waals surface area contributed by atoms with Crippen molar-refractivity contribution < 1.29 is 4.79 Å². The molecule has 1 amide bonds. The number of anilines is 2. The maximum absolute atomic E-state index is 12.1. The van der Waals surface area contributed by atoms with Gasteiger partial charge in [-0.05, 0) is 19.8 Å². The molecule has 104 valence electrons. The number of likely N-dealkylation sites (tertiary alicyclic amines) is 1. The second-order valence-electron chi connectivity index (χ2n) is 4.76. The second-order valence-corrected chi connectivity index (χ2v) is 4.76. The number of likely N-dealkylation sites (N-methyl/N-ethyl adjacent to an activating group) is 1. The molecule has 1 aromatic rings. The molecule has 7 nitrogen and oxygen atoms in total. The van der Waals surface area contributed by atoms with E-state index in [2.05, 4.69) is 15.4 Å². The van der Waals surface area contributed by atoms with E-state index in [1.54, 1.807) is 0 Å². The first kappa shape index (κ1) is 13.5. The summed E-state index contributed by atoms with van der Waals surface area (Å²) >= 11 is 0. The Labute approximate surface area is 112 Å². The Balaban J connectivity index is 2.07. The number of aromatic nitrogens is 2. The van der Waals surface area contributed by atoms with Crippen molar-refractivity contribution in [3.63, 3.8) is 0 Å². The zero-order valence-corrected chi connectivity index (χ0v) is 11.4. The van der Waals surface area contributed by atoms with Crippen LogP contribution in [0.1, 0.15) is 18.4 Å². The van der Waals surface area contributed by atoms with Crippen molar-refractivity contribution in [2.45, 2.75) is 19.8 Å². The highest BCUT2D eigenvalue weighted by molar-refractivity contribution is 5.81. The van der Waals surface area contributed by atoms with Crippen LogP contribution < -0.4 is 16.2 Å². The van der Waals surface area contributed by atoms with E-state index in [-0.39, 0.29) is 5.91 Å². The summed E-state index contributed by atoms with van der Waals surface area (Å²) in [5.41, 5.74) is 3.36. The van der Waals surface area contributed by atoms with E-state index in [1.165, 1.54) is 6.33 Å². The molecule has 1 aromatic heterocycles. The Bertz CT molecular complexity index is 458. The summed E-state index contributed by atoms with van der Waals surface area (Å²) < 4.78 is 0. The van der Waals surface area contributed by atoms with Gasteiger partial charge >= 0.3 is 0 Å². The fourth-order valence-electron chi connectivity index (χ4n) is 2.32. The molecule has 1 aliphatic heterocycles. The third kappa shape index (κ3) is 2.93. The predicted molar refractivity (Wildman–Crippen MR) is 73.7 cm³/mol. The van der Waals surface area contributed by atoms with Gasteiger partial charge in [0.15, 0.2) is 0 Å². The molecule has 0 radical (unpaired) electrons. The topological polar surface area (TPSA) is 87.4 Å². The minimum Gasteiger partial charge on any atom is -0.350 e. The third-order valence-corrected chi connectivity index (χ3v) is 3.39. The molecule has 0 aromatic carbocycles. The van der Waals surface area contributed by atoms with Crippen LogP contribution in [0.2, 0.25) is 0 Å². The van der Waals surface area contributed by atoms with Gasteiger partial charge in [-0.2, -0.15) is 0 Å². The standard InChI is InChI=1S/C12H20N6O/c1-9-11(16-13)14-8-15-12(9)17(2)7-10(19)18-5-3-4-6-18/h8H,3-7,13H2,1-2H3,(H,14,15,16). The Morgan fingerprint density at radius 2 is 2.16 bits per heavy atom. The molecule has 0 aliphatic carbocycles. The molecule has 1 fully saturated rings. The summed E-state index contributed by atoms with van der Waals surface area (Å²) in [4.78, 5) is 24.1. The maximum Gasteiger partial charge on any atom is 0.242 e. The fourth-order valence-corrected chi connectivity index (χ4v) is 2.32. The van der Waals surface area contributed by atoms with Gasteiger partial charge < -0.3 is 15.2 Å². The third-order valence-electron chi connectivity index (χ3n) is 3.39. The minimum atomic E-state index is 0.139. The normalized spacial score (nSPS) is 14.6. The highest BCUT2D eigenvalue weighted by atomic mass is 16.2. The zero-order chi connectivity index (χ0) is 13.8. The molecule has 19 heavy (non-hydrogen) atoms. The van der Waals surface area contributed by atoms with Gasteiger partial charge in [0.2, 0.25) is 5.91 Å². The highest BCUT2D eigenvalue weighted by Crippen LogP contribution is 2.20. The van der Waals surface area contributed by atoms with Crippen LogP contribution in [0.5, 0.6) is 0 Å². The number of hydrogen-bond donors (Lipinski definition) is 2. The van der Waals surface area contributed by atoms with Crippen LogP contribution in [0.15, 0.2) is 6.33 Å². The molecule has 1 aliphatic rings. The number of hydrazine groups is 1. The molecule has 0 saturated carbocycles. The van der Waals surface area contributed by atoms with Crippen molar-refractivity contribution in [3.05, 3.63) is 11.9 Å². The smallest absolute Gasteiger partial charge is 0.242 e. The molecule has 0 spiro atoms. The molecular formula is C12H20N6O. The lowest BCUT2D eigenvalue weighted by Gasteiger charge is -2.23. The largest absolute Gasteiger partial charge is 0.350 e. The van der Waals surface area contributed by atoms with E-state index < -0.39 is 0 Å². The number of hydrogen-bond acceptors (Lipinski definition) is 6. The lowest BCUT2D eigenvalue weighted by molar-refractivity contribution is -0.128. The van der Waals surface area contributed by atoms with Crippen molar-refractivity contribution in [1.29, 1.82) is 0 Å². The quantitative estimate of drug-likeness (QED) is 0.593.